The molecule has 0 bridgehead atoms. The highest BCUT2D eigenvalue weighted by atomic mass is 35.5. The second-order valence-electron chi connectivity index (χ2n) is 8.03. The smallest absolute Gasteiger partial charge is 0.345 e. The summed E-state index contributed by atoms with van der Waals surface area (Å²) in [6.45, 7) is 3.26. The normalized spacial score (nSPS) is 11.9. The number of carbonyl (C=O) groups excluding carboxylic acids is 2. The van der Waals surface area contributed by atoms with Crippen molar-refractivity contribution < 1.29 is 34.1 Å². The van der Waals surface area contributed by atoms with E-state index in [4.69, 9.17) is 21.1 Å². The van der Waals surface area contributed by atoms with E-state index < -0.39 is 29.9 Å². The predicted octanol–water partition coefficient (Wildman–Crippen LogP) is 4.34. The number of halogens is 1. The molecule has 1 unspecified atom stereocenters. The van der Waals surface area contributed by atoms with Gasteiger partial charge in [0.2, 0.25) is 0 Å². The van der Waals surface area contributed by atoms with E-state index in [0.717, 1.165) is 0 Å². The molecular formula is C26H23ClN2O7. The number of hydrogen-bond donors (Lipinski definition) is 2. The fourth-order valence-electron chi connectivity index (χ4n) is 2.96. The monoisotopic (exact) mass is 510 g/mol. The van der Waals surface area contributed by atoms with Crippen molar-refractivity contribution in [1.29, 1.82) is 0 Å². The van der Waals surface area contributed by atoms with Crippen LogP contribution in [0.25, 0.3) is 0 Å². The summed E-state index contributed by atoms with van der Waals surface area (Å²) in [6.07, 6.45) is 4.06. The fraction of sp³-hybridized carbons (Fsp3) is 0.192. The molecule has 0 saturated heterocycles. The molecule has 0 saturated carbocycles. The van der Waals surface area contributed by atoms with Crippen LogP contribution in [0.2, 0.25) is 5.02 Å². The number of aliphatic carboxylic acids is 1. The summed E-state index contributed by atoms with van der Waals surface area (Å²) >= 11 is 6.23. The zero-order valence-electron chi connectivity index (χ0n) is 19.4. The molecule has 0 fully saturated rings. The first-order valence-electron chi connectivity index (χ1n) is 10.9. The average Bonchev–Trinajstić information content (AvgIpc) is 2.84. The zero-order valence-corrected chi connectivity index (χ0v) is 20.2. The number of phenols is 1. The van der Waals surface area contributed by atoms with E-state index in [-0.39, 0.29) is 39.8 Å². The summed E-state index contributed by atoms with van der Waals surface area (Å²) in [5.74, 6) is -3.28. The van der Waals surface area contributed by atoms with E-state index in [9.17, 15) is 24.6 Å². The Labute approximate surface area is 212 Å². The topological polar surface area (TPSA) is 135 Å². The molecule has 0 spiro atoms. The minimum atomic E-state index is -1.19. The third-order valence-electron chi connectivity index (χ3n) is 4.87. The Balaban J connectivity index is 1.98. The van der Waals surface area contributed by atoms with Crippen molar-refractivity contribution in [3.8, 4) is 17.2 Å². The first-order chi connectivity index (χ1) is 17.1. The van der Waals surface area contributed by atoms with E-state index in [0.29, 0.717) is 5.56 Å². The third-order valence-corrected chi connectivity index (χ3v) is 5.08. The molecule has 0 amide bonds. The van der Waals surface area contributed by atoms with Gasteiger partial charge < -0.3 is 19.7 Å². The molecule has 36 heavy (non-hydrogen) atoms. The van der Waals surface area contributed by atoms with Crippen molar-refractivity contribution in [2.45, 2.75) is 26.3 Å². The van der Waals surface area contributed by atoms with Gasteiger partial charge >= 0.3 is 17.9 Å². The summed E-state index contributed by atoms with van der Waals surface area (Å²) in [7, 11) is 0. The molecule has 1 heterocycles. The Morgan fingerprint density at radius 3 is 2.44 bits per heavy atom. The molecule has 0 radical (unpaired) electrons. The first-order valence-corrected chi connectivity index (χ1v) is 11.2. The fourth-order valence-corrected chi connectivity index (χ4v) is 3.18. The maximum Gasteiger partial charge on any atom is 0.345 e. The highest BCUT2D eigenvalue weighted by Gasteiger charge is 2.22. The Morgan fingerprint density at radius 2 is 1.83 bits per heavy atom. The second-order valence-corrected chi connectivity index (χ2v) is 8.47. The van der Waals surface area contributed by atoms with E-state index in [2.05, 4.69) is 9.98 Å². The number of pyridine rings is 1. The number of carbonyl (C=O) groups is 3. The minimum Gasteiger partial charge on any atom is -0.508 e. The van der Waals surface area contributed by atoms with Gasteiger partial charge in [-0.3, -0.25) is 14.8 Å². The molecule has 186 valence electrons. The van der Waals surface area contributed by atoms with Crippen LogP contribution in [-0.2, 0) is 16.0 Å². The van der Waals surface area contributed by atoms with Gasteiger partial charge in [0.15, 0.2) is 17.5 Å². The Morgan fingerprint density at radius 1 is 1.11 bits per heavy atom. The van der Waals surface area contributed by atoms with Crippen LogP contribution in [0.4, 0.5) is 0 Å². The highest BCUT2D eigenvalue weighted by molar-refractivity contribution is 6.31. The van der Waals surface area contributed by atoms with Gasteiger partial charge in [0, 0.05) is 41.7 Å². The maximum absolute atomic E-state index is 12.6. The van der Waals surface area contributed by atoms with Crippen molar-refractivity contribution >= 4 is 35.7 Å². The molecule has 0 aliphatic carbocycles. The van der Waals surface area contributed by atoms with Gasteiger partial charge in [0.1, 0.15) is 5.75 Å². The van der Waals surface area contributed by atoms with Crippen LogP contribution < -0.4 is 9.47 Å². The number of hydrogen-bond acceptors (Lipinski definition) is 8. The summed E-state index contributed by atoms with van der Waals surface area (Å²) in [5.41, 5.74) is 0.942. The van der Waals surface area contributed by atoms with Gasteiger partial charge in [0.05, 0.1) is 11.5 Å². The molecule has 2 N–H and O–H groups in total. The summed E-state index contributed by atoms with van der Waals surface area (Å²) in [5, 5.41) is 19.2. The molecule has 1 atom stereocenters. The lowest BCUT2D eigenvalue weighted by atomic mass is 10.1. The lowest BCUT2D eigenvalue weighted by Crippen LogP contribution is -2.21. The summed E-state index contributed by atoms with van der Waals surface area (Å²) in [6, 6.07) is 10.7. The molecule has 3 aromatic rings. The van der Waals surface area contributed by atoms with Crippen LogP contribution in [0.15, 0.2) is 65.9 Å². The second kappa shape index (κ2) is 11.9. The standard InChI is InChI=1S/C26H23ClN2O7/c1-15(2)25(33)36-23-18(14-29-21(24(31)32)10-16-5-7-20(30)8-6-16)11-19(27)12-22(23)35-26(34)17-4-3-9-28-13-17/h3-9,11-15,21,30H,10H2,1-2H3,(H,31,32). The van der Waals surface area contributed by atoms with Crippen molar-refractivity contribution in [3.05, 3.63) is 82.6 Å². The lowest BCUT2D eigenvalue weighted by Gasteiger charge is -2.15. The van der Waals surface area contributed by atoms with Crippen molar-refractivity contribution in [2.75, 3.05) is 0 Å². The zero-order chi connectivity index (χ0) is 26.2. The number of aromatic nitrogens is 1. The number of aliphatic imine (C=N–C) groups is 1. The van der Waals surface area contributed by atoms with E-state index in [1.165, 1.54) is 48.9 Å². The Hall–Kier alpha value is -4.24. The Bertz CT molecular complexity index is 1280. The Kier molecular flexibility index (Phi) is 8.75. The van der Waals surface area contributed by atoms with Gasteiger partial charge in [0.25, 0.3) is 0 Å². The molecule has 1 aromatic heterocycles. The third kappa shape index (κ3) is 7.13. The molecule has 0 aliphatic rings. The summed E-state index contributed by atoms with van der Waals surface area (Å²) in [4.78, 5) is 44.9. The number of nitrogens with zero attached hydrogens (tertiary/aromatic N) is 2. The molecule has 3 rings (SSSR count). The largest absolute Gasteiger partial charge is 0.508 e. The molecule has 10 heteroatoms. The van der Waals surface area contributed by atoms with Gasteiger partial charge in [-0.15, -0.1) is 0 Å². The van der Waals surface area contributed by atoms with Crippen molar-refractivity contribution in [2.24, 2.45) is 10.9 Å². The number of carboxylic acid groups (broad SMARTS) is 1. The van der Waals surface area contributed by atoms with Crippen LogP contribution in [0.3, 0.4) is 0 Å². The number of phenolic OH excluding ortho intramolecular Hbond substituents is 1. The van der Waals surface area contributed by atoms with Gasteiger partial charge in [-0.25, -0.2) is 9.59 Å². The number of rotatable bonds is 9. The van der Waals surface area contributed by atoms with Gasteiger partial charge in [-0.2, -0.15) is 0 Å². The van der Waals surface area contributed by atoms with Crippen LogP contribution in [0.1, 0.15) is 35.3 Å². The maximum atomic E-state index is 12.6. The van der Waals surface area contributed by atoms with E-state index in [1.807, 2.05) is 0 Å². The first kappa shape index (κ1) is 26.4. The van der Waals surface area contributed by atoms with Gasteiger partial charge in [-0.05, 0) is 35.9 Å². The molecule has 9 nitrogen and oxygen atoms in total. The average molecular weight is 511 g/mol. The SMILES string of the molecule is CC(C)C(=O)Oc1c(C=NC(Cc2ccc(O)cc2)C(=O)O)cc(Cl)cc1OC(=O)c1cccnc1. The number of carboxylic acids is 1. The highest BCUT2D eigenvalue weighted by Crippen LogP contribution is 2.35. The number of benzene rings is 2. The summed E-state index contributed by atoms with van der Waals surface area (Å²) < 4.78 is 10.9. The molecule has 0 aliphatic heterocycles. The van der Waals surface area contributed by atoms with E-state index >= 15 is 0 Å². The van der Waals surface area contributed by atoms with Gasteiger partial charge in [-0.1, -0.05) is 37.6 Å². The van der Waals surface area contributed by atoms with Crippen LogP contribution in [0.5, 0.6) is 17.2 Å². The predicted molar refractivity (Wildman–Crippen MR) is 132 cm³/mol. The van der Waals surface area contributed by atoms with Crippen LogP contribution in [0, 0.1) is 5.92 Å². The molecule has 2 aromatic carbocycles. The van der Waals surface area contributed by atoms with Crippen molar-refractivity contribution in [1.82, 2.24) is 4.98 Å². The van der Waals surface area contributed by atoms with Crippen LogP contribution >= 0.6 is 11.6 Å². The quantitative estimate of drug-likeness (QED) is 0.246. The van der Waals surface area contributed by atoms with E-state index in [1.54, 1.807) is 32.0 Å². The number of ether oxygens (including phenoxy) is 2. The number of aromatic hydroxyl groups is 1. The minimum absolute atomic E-state index is 0.0383. The number of esters is 2. The van der Waals surface area contributed by atoms with Crippen LogP contribution in [-0.4, -0.2) is 45.4 Å². The lowest BCUT2D eigenvalue weighted by molar-refractivity contribution is -0.139. The van der Waals surface area contributed by atoms with Crippen molar-refractivity contribution in [3.63, 3.8) is 0 Å². The molecular weight excluding hydrogens is 488 g/mol.